The average molecular weight is 278 g/mol. The summed E-state index contributed by atoms with van der Waals surface area (Å²) >= 11 is 1.05. The molecule has 1 saturated heterocycles. The van der Waals surface area contributed by atoms with Crippen LogP contribution in [0.5, 0.6) is 0 Å². The molecule has 0 aliphatic carbocycles. The molecule has 2 aliphatic rings. The Morgan fingerprint density at radius 3 is 2.72 bits per heavy atom. The number of carbonyl (C=O) groups is 1. The first-order chi connectivity index (χ1) is 8.45. The Balaban J connectivity index is 2.15. The standard InChI is InChI=1S/C9H14N2O6S/c1-11(9(15)16)8-10-4-6(14)5(13)3(2-12)17-7(4)18-8/h3-7,12-14H,2H2,1H3,(H,15,16)/t3-,4-,5+,6-,7-/m1/s1. The van der Waals surface area contributed by atoms with E-state index in [1.165, 1.54) is 7.05 Å². The van der Waals surface area contributed by atoms with Gasteiger partial charge in [-0.3, -0.25) is 9.89 Å². The quantitative estimate of drug-likeness (QED) is 0.460. The smallest absolute Gasteiger partial charge is 0.413 e. The molecule has 102 valence electrons. The second-order valence-electron chi connectivity index (χ2n) is 4.07. The van der Waals surface area contributed by atoms with Crippen LogP contribution in [-0.4, -0.2) is 80.0 Å². The largest absolute Gasteiger partial charge is 0.465 e. The van der Waals surface area contributed by atoms with Gasteiger partial charge in [0.1, 0.15) is 29.8 Å². The number of hydrogen-bond acceptors (Lipinski definition) is 7. The molecule has 0 aromatic carbocycles. The van der Waals surface area contributed by atoms with E-state index in [9.17, 15) is 15.0 Å². The molecule has 0 unspecified atom stereocenters. The zero-order valence-corrected chi connectivity index (χ0v) is 10.3. The molecule has 0 bridgehead atoms. The van der Waals surface area contributed by atoms with E-state index in [0.29, 0.717) is 0 Å². The van der Waals surface area contributed by atoms with Crippen molar-refractivity contribution in [2.24, 2.45) is 4.99 Å². The minimum atomic E-state index is -1.24. The molecule has 9 heteroatoms. The van der Waals surface area contributed by atoms with Crippen molar-refractivity contribution in [3.8, 4) is 0 Å². The lowest BCUT2D eigenvalue weighted by Crippen LogP contribution is -2.55. The maximum Gasteiger partial charge on any atom is 0.413 e. The van der Waals surface area contributed by atoms with Gasteiger partial charge >= 0.3 is 6.09 Å². The van der Waals surface area contributed by atoms with E-state index in [1.54, 1.807) is 0 Å². The van der Waals surface area contributed by atoms with Gasteiger partial charge in [-0.25, -0.2) is 4.79 Å². The van der Waals surface area contributed by atoms with E-state index in [2.05, 4.69) is 4.99 Å². The van der Waals surface area contributed by atoms with E-state index in [0.717, 1.165) is 16.7 Å². The summed E-state index contributed by atoms with van der Waals surface area (Å²) in [4.78, 5) is 15.8. The van der Waals surface area contributed by atoms with Gasteiger partial charge in [0.2, 0.25) is 0 Å². The molecule has 0 aromatic rings. The third-order valence-corrected chi connectivity index (χ3v) is 4.12. The number of hydrogen-bond donors (Lipinski definition) is 4. The lowest BCUT2D eigenvalue weighted by molar-refractivity contribution is -0.164. The molecule has 2 rings (SSSR count). The van der Waals surface area contributed by atoms with Gasteiger partial charge < -0.3 is 25.2 Å². The fourth-order valence-corrected chi connectivity index (χ4v) is 3.00. The second-order valence-corrected chi connectivity index (χ2v) is 5.13. The highest BCUT2D eigenvalue weighted by Crippen LogP contribution is 2.37. The summed E-state index contributed by atoms with van der Waals surface area (Å²) in [7, 11) is 1.33. The SMILES string of the molecule is CN(C(=O)O)C1=N[C@@H]2[C@@H](O)[C@@H](O)[C@@H](CO)O[C@@H]2S1. The molecule has 18 heavy (non-hydrogen) atoms. The molecule has 1 amide bonds. The minimum Gasteiger partial charge on any atom is -0.465 e. The number of aliphatic hydroxyl groups excluding tert-OH is 3. The lowest BCUT2D eigenvalue weighted by Gasteiger charge is -2.37. The topological polar surface area (TPSA) is 123 Å². The van der Waals surface area contributed by atoms with Gasteiger partial charge in [-0.1, -0.05) is 11.8 Å². The van der Waals surface area contributed by atoms with Crippen LogP contribution in [0.4, 0.5) is 4.79 Å². The first-order valence-corrected chi connectivity index (χ1v) is 6.17. The van der Waals surface area contributed by atoms with Crippen molar-refractivity contribution in [2.45, 2.75) is 29.8 Å². The fraction of sp³-hybridized carbons (Fsp3) is 0.778. The van der Waals surface area contributed by atoms with Gasteiger partial charge in [0.15, 0.2) is 5.17 Å². The van der Waals surface area contributed by atoms with E-state index < -0.39 is 42.5 Å². The molecule has 4 N–H and O–H groups in total. The number of fused-ring (bicyclic) bond motifs is 1. The highest BCUT2D eigenvalue weighted by molar-refractivity contribution is 8.14. The summed E-state index contributed by atoms with van der Waals surface area (Å²) in [6.45, 7) is -0.424. The first-order valence-electron chi connectivity index (χ1n) is 5.29. The molecular weight excluding hydrogens is 264 g/mol. The Morgan fingerprint density at radius 1 is 1.50 bits per heavy atom. The average Bonchev–Trinajstić information content (AvgIpc) is 2.76. The monoisotopic (exact) mass is 278 g/mol. The van der Waals surface area contributed by atoms with Crippen LogP contribution in [0.3, 0.4) is 0 Å². The molecule has 5 atom stereocenters. The number of thioether (sulfide) groups is 1. The molecule has 1 fully saturated rings. The number of carboxylic acid groups (broad SMARTS) is 1. The Morgan fingerprint density at radius 2 is 2.17 bits per heavy atom. The van der Waals surface area contributed by atoms with Crippen LogP contribution in [0.1, 0.15) is 0 Å². The van der Waals surface area contributed by atoms with Crippen LogP contribution in [0.25, 0.3) is 0 Å². The van der Waals surface area contributed by atoms with E-state index >= 15 is 0 Å². The third kappa shape index (κ3) is 2.19. The normalized spacial score (nSPS) is 39.1. The zero-order chi connectivity index (χ0) is 13.4. The highest BCUT2D eigenvalue weighted by atomic mass is 32.2. The molecule has 2 aliphatic heterocycles. The maximum atomic E-state index is 10.8. The van der Waals surface area contributed by atoms with Crippen LogP contribution in [0.2, 0.25) is 0 Å². The van der Waals surface area contributed by atoms with Gasteiger partial charge in [-0.2, -0.15) is 0 Å². The molecule has 8 nitrogen and oxygen atoms in total. The van der Waals surface area contributed by atoms with Crippen molar-refractivity contribution < 1.29 is 30.0 Å². The Labute approximate surface area is 107 Å². The predicted octanol–water partition coefficient (Wildman–Crippen LogP) is -1.49. The zero-order valence-electron chi connectivity index (χ0n) is 9.50. The molecule has 2 heterocycles. The predicted molar refractivity (Wildman–Crippen MR) is 62.4 cm³/mol. The number of amidine groups is 1. The van der Waals surface area contributed by atoms with E-state index in [-0.39, 0.29) is 5.17 Å². The molecule has 0 spiro atoms. The summed E-state index contributed by atoms with van der Waals surface area (Å²) < 4.78 is 5.37. The summed E-state index contributed by atoms with van der Waals surface area (Å²) in [6.07, 6.45) is -4.49. The van der Waals surface area contributed by atoms with Crippen molar-refractivity contribution >= 4 is 23.0 Å². The first kappa shape index (κ1) is 13.6. The molecule has 0 radical (unpaired) electrons. The van der Waals surface area contributed by atoms with Crippen molar-refractivity contribution in [2.75, 3.05) is 13.7 Å². The van der Waals surface area contributed by atoms with Crippen molar-refractivity contribution in [3.05, 3.63) is 0 Å². The number of ether oxygens (including phenoxy) is 1. The maximum absolute atomic E-state index is 10.8. The van der Waals surface area contributed by atoms with E-state index in [4.69, 9.17) is 14.9 Å². The van der Waals surface area contributed by atoms with Crippen LogP contribution in [0, 0.1) is 0 Å². The van der Waals surface area contributed by atoms with Crippen molar-refractivity contribution in [3.63, 3.8) is 0 Å². The lowest BCUT2D eigenvalue weighted by atomic mass is 9.99. The number of rotatable bonds is 1. The molecule has 0 aromatic heterocycles. The van der Waals surface area contributed by atoms with Crippen LogP contribution in [-0.2, 0) is 4.74 Å². The molecular formula is C9H14N2O6S. The van der Waals surface area contributed by atoms with Gasteiger partial charge in [0, 0.05) is 7.05 Å². The van der Waals surface area contributed by atoms with E-state index in [1.807, 2.05) is 0 Å². The van der Waals surface area contributed by atoms with Gasteiger partial charge in [0.05, 0.1) is 6.61 Å². The van der Waals surface area contributed by atoms with Crippen molar-refractivity contribution in [1.82, 2.24) is 4.90 Å². The number of aliphatic hydroxyl groups is 3. The summed E-state index contributed by atoms with van der Waals surface area (Å²) in [5, 5.41) is 37.6. The van der Waals surface area contributed by atoms with Gasteiger partial charge in [-0.05, 0) is 0 Å². The van der Waals surface area contributed by atoms with Crippen LogP contribution in [0.15, 0.2) is 4.99 Å². The molecule has 0 saturated carbocycles. The summed E-state index contributed by atoms with van der Waals surface area (Å²) in [5.41, 5.74) is -0.600. The van der Waals surface area contributed by atoms with Crippen molar-refractivity contribution in [1.29, 1.82) is 0 Å². The fourth-order valence-electron chi connectivity index (χ4n) is 1.81. The van der Waals surface area contributed by atoms with Gasteiger partial charge in [0.25, 0.3) is 0 Å². The highest BCUT2D eigenvalue weighted by Gasteiger charge is 2.48. The van der Waals surface area contributed by atoms with Crippen LogP contribution < -0.4 is 0 Å². The number of amides is 1. The summed E-state index contributed by atoms with van der Waals surface area (Å²) in [6, 6.07) is -0.732. The Bertz CT molecular complexity index is 378. The number of nitrogens with zero attached hydrogens (tertiary/aromatic N) is 2. The Hall–Kier alpha value is -0.870. The second kappa shape index (κ2) is 5.02. The third-order valence-electron chi connectivity index (χ3n) is 2.90. The van der Waals surface area contributed by atoms with Crippen LogP contribution >= 0.6 is 11.8 Å². The summed E-state index contributed by atoms with van der Waals surface area (Å²) in [5.74, 6) is 0. The number of aliphatic imine (C=N–C) groups is 1. The van der Waals surface area contributed by atoms with Gasteiger partial charge in [-0.15, -0.1) is 0 Å². The minimum absolute atomic E-state index is 0.197. The Kier molecular flexibility index (Phi) is 3.78.